The van der Waals surface area contributed by atoms with Crippen molar-refractivity contribution < 1.29 is 14.6 Å². The van der Waals surface area contributed by atoms with Crippen molar-refractivity contribution in [2.45, 2.75) is 37.8 Å². The summed E-state index contributed by atoms with van der Waals surface area (Å²) in [6.45, 7) is 5.72. The number of nitrogens with one attached hydrogen (secondary N) is 1. The smallest absolute Gasteiger partial charge is 0.257 e. The Hall–Kier alpha value is -2.41. The molecule has 1 fully saturated rings. The maximum atomic E-state index is 13.2. The summed E-state index contributed by atoms with van der Waals surface area (Å²) < 4.78 is 5.98. The van der Waals surface area contributed by atoms with Crippen molar-refractivity contribution in [3.05, 3.63) is 64.7 Å². The van der Waals surface area contributed by atoms with Crippen molar-refractivity contribution in [3.63, 3.8) is 0 Å². The number of benzene rings is 2. The molecule has 0 aliphatic carbocycles. The maximum absolute atomic E-state index is 13.2. The molecular weight excluding hydrogens is 402 g/mol. The first-order valence-electron chi connectivity index (χ1n) is 11.9. The number of amides is 1. The number of aliphatic hydroxyl groups excluding tert-OH is 1. The highest BCUT2D eigenvalue weighted by atomic mass is 16.5. The molecule has 1 atom stereocenters. The topological polar surface area (TPSA) is 65.0 Å². The first-order chi connectivity index (χ1) is 15.7. The Morgan fingerprint density at radius 2 is 1.88 bits per heavy atom. The third-order valence-electron chi connectivity index (χ3n) is 7.06. The quantitative estimate of drug-likeness (QED) is 0.755. The third-order valence-corrected chi connectivity index (χ3v) is 7.06. The van der Waals surface area contributed by atoms with Crippen LogP contribution in [0, 0.1) is 0 Å². The van der Waals surface area contributed by atoms with Gasteiger partial charge in [-0.25, -0.2) is 0 Å². The van der Waals surface area contributed by atoms with Gasteiger partial charge in [0.05, 0.1) is 18.2 Å². The largest absolute Gasteiger partial charge is 0.491 e. The number of ether oxygens (including phenoxy) is 1. The van der Waals surface area contributed by atoms with Crippen molar-refractivity contribution in [2.75, 3.05) is 45.9 Å². The van der Waals surface area contributed by atoms with Gasteiger partial charge in [-0.2, -0.15) is 0 Å². The van der Waals surface area contributed by atoms with Crippen molar-refractivity contribution in [1.29, 1.82) is 0 Å². The zero-order valence-electron chi connectivity index (χ0n) is 18.6. The van der Waals surface area contributed by atoms with Crippen molar-refractivity contribution in [1.82, 2.24) is 15.1 Å². The molecule has 1 amide bonds. The number of aliphatic hydroxyl groups is 1. The number of carbonyl (C=O) groups excluding carboxylic acids is 1. The zero-order valence-corrected chi connectivity index (χ0v) is 18.6. The van der Waals surface area contributed by atoms with Gasteiger partial charge in [0, 0.05) is 26.2 Å². The molecule has 2 N–H and O–H groups in total. The van der Waals surface area contributed by atoms with E-state index in [-0.39, 0.29) is 5.91 Å². The van der Waals surface area contributed by atoms with E-state index in [0.29, 0.717) is 43.5 Å². The van der Waals surface area contributed by atoms with Gasteiger partial charge in [-0.3, -0.25) is 9.69 Å². The summed E-state index contributed by atoms with van der Waals surface area (Å²) in [6, 6.07) is 14.6. The van der Waals surface area contributed by atoms with Crippen LogP contribution in [0.4, 0.5) is 0 Å². The molecule has 3 heterocycles. The van der Waals surface area contributed by atoms with Gasteiger partial charge >= 0.3 is 0 Å². The Morgan fingerprint density at radius 1 is 1.06 bits per heavy atom. The van der Waals surface area contributed by atoms with E-state index in [1.807, 2.05) is 6.07 Å². The van der Waals surface area contributed by atoms with Gasteiger partial charge in [-0.05, 0) is 67.1 Å². The van der Waals surface area contributed by atoms with E-state index < -0.39 is 6.10 Å². The lowest BCUT2D eigenvalue weighted by Gasteiger charge is -2.32. The summed E-state index contributed by atoms with van der Waals surface area (Å²) in [5.74, 6) is 1.17. The lowest BCUT2D eigenvalue weighted by atomic mass is 9.89. The summed E-state index contributed by atoms with van der Waals surface area (Å²) in [4.78, 5) is 17.3. The van der Waals surface area contributed by atoms with Crippen LogP contribution in [0.2, 0.25) is 0 Å². The van der Waals surface area contributed by atoms with Crippen LogP contribution in [0.25, 0.3) is 0 Å². The lowest BCUT2D eigenvalue weighted by Crippen LogP contribution is -2.44. The number of fused-ring (bicyclic) bond motifs is 2. The number of hydrogen-bond donors (Lipinski definition) is 2. The summed E-state index contributed by atoms with van der Waals surface area (Å²) in [5, 5.41) is 14.2. The summed E-state index contributed by atoms with van der Waals surface area (Å²) in [7, 11) is 0. The van der Waals surface area contributed by atoms with Crippen LogP contribution in [0.15, 0.2) is 42.5 Å². The van der Waals surface area contributed by atoms with E-state index in [9.17, 15) is 9.90 Å². The number of rotatable bonds is 5. The second-order valence-electron chi connectivity index (χ2n) is 9.29. The van der Waals surface area contributed by atoms with Gasteiger partial charge in [-0.15, -0.1) is 0 Å². The van der Waals surface area contributed by atoms with Gasteiger partial charge in [0.1, 0.15) is 12.4 Å². The molecule has 0 aromatic heterocycles. The fourth-order valence-electron chi connectivity index (χ4n) is 5.28. The lowest BCUT2D eigenvalue weighted by molar-refractivity contribution is 0.0501. The minimum Gasteiger partial charge on any atom is -0.491 e. The van der Waals surface area contributed by atoms with Crippen LogP contribution in [-0.2, 0) is 13.0 Å². The van der Waals surface area contributed by atoms with Crippen LogP contribution < -0.4 is 10.1 Å². The third kappa shape index (κ3) is 4.68. The minimum absolute atomic E-state index is 0.0441. The SMILES string of the molecule is O=C1c2ccc(C3CCNCC3)cc2OCCN1C[C@H](O)CN1CCc2ccccc2C1. The zero-order chi connectivity index (χ0) is 21.9. The predicted molar refractivity (Wildman–Crippen MR) is 124 cm³/mol. The van der Waals surface area contributed by atoms with E-state index in [1.165, 1.54) is 16.7 Å². The number of β-amino-alcohol motifs (C(OH)–C–C–N with tert-alkyl or cyclic N) is 1. The molecular formula is C26H33N3O3. The molecule has 2 aromatic carbocycles. The van der Waals surface area contributed by atoms with Gasteiger partial charge in [0.15, 0.2) is 0 Å². The molecule has 2 aromatic rings. The van der Waals surface area contributed by atoms with E-state index in [1.54, 1.807) is 4.90 Å². The number of hydrogen-bond acceptors (Lipinski definition) is 5. The first kappa shape index (κ1) is 21.4. The molecule has 0 saturated carbocycles. The Morgan fingerprint density at radius 3 is 2.72 bits per heavy atom. The molecule has 6 nitrogen and oxygen atoms in total. The molecule has 1 saturated heterocycles. The normalized spacial score (nSPS) is 20.8. The molecule has 3 aliphatic heterocycles. The van der Waals surface area contributed by atoms with Gasteiger partial charge < -0.3 is 20.1 Å². The fourth-order valence-corrected chi connectivity index (χ4v) is 5.28. The summed E-state index contributed by atoms with van der Waals surface area (Å²) >= 11 is 0. The van der Waals surface area contributed by atoms with E-state index in [0.717, 1.165) is 45.4 Å². The van der Waals surface area contributed by atoms with Crippen molar-refractivity contribution in [3.8, 4) is 5.75 Å². The minimum atomic E-state index is -0.584. The van der Waals surface area contributed by atoms with Crippen LogP contribution in [0.1, 0.15) is 45.8 Å². The molecule has 0 radical (unpaired) electrons. The number of nitrogens with zero attached hydrogens (tertiary/aromatic N) is 2. The van der Waals surface area contributed by atoms with Crippen LogP contribution >= 0.6 is 0 Å². The van der Waals surface area contributed by atoms with Gasteiger partial charge in [-0.1, -0.05) is 30.3 Å². The first-order valence-corrected chi connectivity index (χ1v) is 11.9. The molecule has 0 spiro atoms. The Bertz CT molecular complexity index is 957. The monoisotopic (exact) mass is 435 g/mol. The molecule has 0 bridgehead atoms. The highest BCUT2D eigenvalue weighted by Gasteiger charge is 2.28. The summed E-state index contributed by atoms with van der Waals surface area (Å²) in [6.07, 6.45) is 2.66. The maximum Gasteiger partial charge on any atom is 0.257 e. The van der Waals surface area contributed by atoms with Gasteiger partial charge in [0.25, 0.3) is 5.91 Å². The van der Waals surface area contributed by atoms with Crippen molar-refractivity contribution >= 4 is 5.91 Å². The molecule has 5 rings (SSSR count). The van der Waals surface area contributed by atoms with Crippen molar-refractivity contribution in [2.24, 2.45) is 0 Å². The Balaban J connectivity index is 1.22. The van der Waals surface area contributed by atoms with Crippen LogP contribution in [0.3, 0.4) is 0 Å². The molecule has 32 heavy (non-hydrogen) atoms. The average Bonchev–Trinajstić information content (AvgIpc) is 2.98. The predicted octanol–water partition coefficient (Wildman–Crippen LogP) is 2.41. The second-order valence-corrected chi connectivity index (χ2v) is 9.29. The second kappa shape index (κ2) is 9.61. The molecule has 6 heteroatoms. The molecule has 3 aliphatic rings. The average molecular weight is 436 g/mol. The fraction of sp³-hybridized carbons (Fsp3) is 0.500. The Kier molecular flexibility index (Phi) is 6.44. The van der Waals surface area contributed by atoms with E-state index in [4.69, 9.17) is 4.74 Å². The van der Waals surface area contributed by atoms with Crippen LogP contribution in [-0.4, -0.2) is 72.8 Å². The highest BCUT2D eigenvalue weighted by Crippen LogP contribution is 2.32. The molecule has 170 valence electrons. The summed E-state index contributed by atoms with van der Waals surface area (Å²) in [5.41, 5.74) is 4.61. The number of piperidine rings is 1. The highest BCUT2D eigenvalue weighted by molar-refractivity contribution is 5.97. The van der Waals surface area contributed by atoms with E-state index in [2.05, 4.69) is 46.6 Å². The van der Waals surface area contributed by atoms with Crippen LogP contribution in [0.5, 0.6) is 5.75 Å². The molecule has 0 unspecified atom stereocenters. The standard InChI is InChI=1S/C26H33N3O3/c30-23(17-28-12-9-19-3-1-2-4-22(19)16-28)18-29-13-14-32-25-15-21(5-6-24(25)26(29)31)20-7-10-27-11-8-20/h1-6,15,20,23,27,30H,7-14,16-18H2/t23-/m1/s1. The number of carbonyl (C=O) groups is 1. The van der Waals surface area contributed by atoms with E-state index >= 15 is 0 Å². The Labute approximate surface area is 190 Å². The van der Waals surface area contributed by atoms with Gasteiger partial charge in [0.2, 0.25) is 0 Å².